The lowest BCUT2D eigenvalue weighted by molar-refractivity contribution is 0.133. The number of likely N-dealkylation sites (N-methyl/N-ethyl adjacent to an activating group) is 1. The summed E-state index contributed by atoms with van der Waals surface area (Å²) in [6, 6.07) is 7.95. The molecule has 0 saturated carbocycles. The molecule has 0 fully saturated rings. The van der Waals surface area contributed by atoms with E-state index in [-0.39, 0.29) is 6.10 Å². The normalized spacial score (nSPS) is 12.9. The summed E-state index contributed by atoms with van der Waals surface area (Å²) >= 11 is 0. The lowest BCUT2D eigenvalue weighted by atomic mass is 10.1. The molecule has 1 atom stereocenters. The van der Waals surface area contributed by atoms with Crippen LogP contribution in [0.3, 0.4) is 0 Å². The fraction of sp³-hybridized carbons (Fsp3) is 0.429. The highest BCUT2D eigenvalue weighted by Gasteiger charge is 2.11. The van der Waals surface area contributed by atoms with E-state index in [9.17, 15) is 5.11 Å². The predicted molar refractivity (Wildman–Crippen MR) is 72.5 cm³/mol. The molecule has 0 aliphatic carbocycles. The Morgan fingerprint density at radius 3 is 2.84 bits per heavy atom. The summed E-state index contributed by atoms with van der Waals surface area (Å²) in [5.41, 5.74) is 2.08. The number of hydrogen-bond acceptors (Lipinski definition) is 5. The standard InChI is InChI=1S/C14H19N3O2/c1-10-5-4-6-12(7-10)14-16-15-13(19-14)9-17(3)8-11(2)18/h4-7,11,18H,8-9H2,1-3H3. The zero-order chi connectivity index (χ0) is 13.8. The van der Waals surface area contributed by atoms with Crippen molar-refractivity contribution in [3.05, 3.63) is 35.7 Å². The molecule has 0 aliphatic heterocycles. The Bertz CT molecular complexity index is 537. The van der Waals surface area contributed by atoms with Crippen LogP contribution < -0.4 is 0 Å². The molecule has 0 amide bonds. The Kier molecular flexibility index (Phi) is 4.29. The minimum atomic E-state index is -0.371. The van der Waals surface area contributed by atoms with Gasteiger partial charge in [-0.25, -0.2) is 0 Å². The fourth-order valence-corrected chi connectivity index (χ4v) is 1.96. The highest BCUT2D eigenvalue weighted by Crippen LogP contribution is 2.19. The van der Waals surface area contributed by atoms with E-state index < -0.39 is 0 Å². The van der Waals surface area contributed by atoms with Crippen molar-refractivity contribution in [1.29, 1.82) is 0 Å². The maximum atomic E-state index is 9.31. The van der Waals surface area contributed by atoms with Crippen LogP contribution in [0.5, 0.6) is 0 Å². The molecule has 1 N–H and O–H groups in total. The quantitative estimate of drug-likeness (QED) is 0.890. The molecular formula is C14H19N3O2. The molecule has 0 saturated heterocycles. The van der Waals surface area contributed by atoms with Gasteiger partial charge in [0.1, 0.15) is 0 Å². The molecule has 2 aromatic rings. The predicted octanol–water partition coefficient (Wildman–Crippen LogP) is 1.86. The number of nitrogens with zero attached hydrogens (tertiary/aromatic N) is 3. The molecule has 0 aliphatic rings. The van der Waals surface area contributed by atoms with Gasteiger partial charge >= 0.3 is 0 Å². The van der Waals surface area contributed by atoms with Gasteiger partial charge < -0.3 is 9.52 Å². The van der Waals surface area contributed by atoms with E-state index in [0.717, 1.165) is 11.1 Å². The van der Waals surface area contributed by atoms with Gasteiger partial charge in [0, 0.05) is 12.1 Å². The van der Waals surface area contributed by atoms with Crippen molar-refractivity contribution in [3.8, 4) is 11.5 Å². The van der Waals surface area contributed by atoms with Crippen LogP contribution in [-0.4, -0.2) is 39.9 Å². The Labute approximate surface area is 112 Å². The minimum Gasteiger partial charge on any atom is -0.419 e. The SMILES string of the molecule is Cc1cccc(-c2nnc(CN(C)CC(C)O)o2)c1. The van der Waals surface area contributed by atoms with Gasteiger partial charge in [0.2, 0.25) is 11.8 Å². The lowest BCUT2D eigenvalue weighted by Crippen LogP contribution is -2.26. The van der Waals surface area contributed by atoms with E-state index in [2.05, 4.69) is 10.2 Å². The molecular weight excluding hydrogens is 242 g/mol. The third-order valence-electron chi connectivity index (χ3n) is 2.71. The first-order valence-electron chi connectivity index (χ1n) is 6.30. The summed E-state index contributed by atoms with van der Waals surface area (Å²) in [6.45, 7) is 4.88. The topological polar surface area (TPSA) is 62.4 Å². The van der Waals surface area contributed by atoms with Gasteiger partial charge in [-0.15, -0.1) is 10.2 Å². The van der Waals surface area contributed by atoms with Crippen molar-refractivity contribution in [2.24, 2.45) is 0 Å². The summed E-state index contributed by atoms with van der Waals surface area (Å²) in [4.78, 5) is 1.94. The van der Waals surface area contributed by atoms with Crippen molar-refractivity contribution >= 4 is 0 Å². The summed E-state index contributed by atoms with van der Waals surface area (Å²) in [6.07, 6.45) is -0.371. The monoisotopic (exact) mass is 261 g/mol. The van der Waals surface area contributed by atoms with Crippen LogP contribution >= 0.6 is 0 Å². The molecule has 5 heteroatoms. The highest BCUT2D eigenvalue weighted by molar-refractivity contribution is 5.53. The van der Waals surface area contributed by atoms with Crippen molar-refractivity contribution in [2.75, 3.05) is 13.6 Å². The van der Waals surface area contributed by atoms with Gasteiger partial charge in [0.25, 0.3) is 0 Å². The second-order valence-electron chi connectivity index (χ2n) is 4.92. The van der Waals surface area contributed by atoms with Crippen molar-refractivity contribution in [1.82, 2.24) is 15.1 Å². The van der Waals surface area contributed by atoms with E-state index in [1.165, 1.54) is 0 Å². The number of aromatic nitrogens is 2. The van der Waals surface area contributed by atoms with E-state index >= 15 is 0 Å². The van der Waals surface area contributed by atoms with Crippen LogP contribution in [-0.2, 0) is 6.54 Å². The summed E-state index contributed by atoms with van der Waals surface area (Å²) < 4.78 is 5.63. The molecule has 102 valence electrons. The fourth-order valence-electron chi connectivity index (χ4n) is 1.96. The number of aliphatic hydroxyl groups is 1. The Morgan fingerprint density at radius 1 is 1.37 bits per heavy atom. The first kappa shape index (κ1) is 13.7. The molecule has 19 heavy (non-hydrogen) atoms. The van der Waals surface area contributed by atoms with E-state index in [0.29, 0.717) is 24.9 Å². The van der Waals surface area contributed by atoms with Gasteiger partial charge in [-0.3, -0.25) is 4.90 Å². The maximum absolute atomic E-state index is 9.31. The molecule has 1 aromatic carbocycles. The van der Waals surface area contributed by atoms with Gasteiger partial charge in [-0.05, 0) is 33.0 Å². The average Bonchev–Trinajstić information content (AvgIpc) is 2.76. The number of benzene rings is 1. The summed E-state index contributed by atoms with van der Waals surface area (Å²) in [5.74, 6) is 1.09. The smallest absolute Gasteiger partial charge is 0.247 e. The van der Waals surface area contributed by atoms with Gasteiger partial charge in [0.05, 0.1) is 12.6 Å². The molecule has 1 aromatic heterocycles. The lowest BCUT2D eigenvalue weighted by Gasteiger charge is -2.15. The van der Waals surface area contributed by atoms with Gasteiger partial charge in [-0.1, -0.05) is 17.7 Å². The van der Waals surface area contributed by atoms with Gasteiger partial charge in [-0.2, -0.15) is 0 Å². The van der Waals surface area contributed by atoms with Crippen LogP contribution in [0.4, 0.5) is 0 Å². The second-order valence-corrected chi connectivity index (χ2v) is 4.92. The second kappa shape index (κ2) is 5.95. The molecule has 0 radical (unpaired) electrons. The molecule has 1 unspecified atom stereocenters. The van der Waals surface area contributed by atoms with Crippen LogP contribution in [0.25, 0.3) is 11.5 Å². The van der Waals surface area contributed by atoms with Crippen LogP contribution in [0.15, 0.2) is 28.7 Å². The van der Waals surface area contributed by atoms with Crippen molar-refractivity contribution in [2.45, 2.75) is 26.5 Å². The first-order chi connectivity index (χ1) is 9.04. The minimum absolute atomic E-state index is 0.371. The van der Waals surface area contributed by atoms with Crippen molar-refractivity contribution < 1.29 is 9.52 Å². The van der Waals surface area contributed by atoms with Crippen LogP contribution in [0.2, 0.25) is 0 Å². The zero-order valence-electron chi connectivity index (χ0n) is 11.5. The third-order valence-corrected chi connectivity index (χ3v) is 2.71. The molecule has 5 nitrogen and oxygen atoms in total. The molecule has 0 bridgehead atoms. The average molecular weight is 261 g/mol. The van der Waals surface area contributed by atoms with Crippen LogP contribution in [0.1, 0.15) is 18.4 Å². The number of aliphatic hydroxyl groups excluding tert-OH is 1. The largest absolute Gasteiger partial charge is 0.419 e. The first-order valence-corrected chi connectivity index (χ1v) is 6.30. The Hall–Kier alpha value is -1.72. The van der Waals surface area contributed by atoms with Crippen molar-refractivity contribution in [3.63, 3.8) is 0 Å². The zero-order valence-corrected chi connectivity index (χ0v) is 11.5. The number of rotatable bonds is 5. The summed E-state index contributed by atoms with van der Waals surface area (Å²) in [7, 11) is 1.91. The molecule has 0 spiro atoms. The number of aryl methyl sites for hydroxylation is 1. The molecule has 2 rings (SSSR count). The van der Waals surface area contributed by atoms with E-state index in [4.69, 9.17) is 4.42 Å². The van der Waals surface area contributed by atoms with Crippen LogP contribution in [0, 0.1) is 6.92 Å². The number of hydrogen-bond donors (Lipinski definition) is 1. The van der Waals surface area contributed by atoms with Gasteiger partial charge in [0.15, 0.2) is 0 Å². The third kappa shape index (κ3) is 3.87. The summed E-state index contributed by atoms with van der Waals surface area (Å²) in [5, 5.41) is 17.4. The van der Waals surface area contributed by atoms with E-state index in [1.807, 2.05) is 43.1 Å². The van der Waals surface area contributed by atoms with E-state index in [1.54, 1.807) is 6.92 Å². The Balaban J connectivity index is 2.07. The molecule has 1 heterocycles. The Morgan fingerprint density at radius 2 is 2.16 bits per heavy atom. The highest BCUT2D eigenvalue weighted by atomic mass is 16.4. The maximum Gasteiger partial charge on any atom is 0.247 e.